The van der Waals surface area contributed by atoms with Crippen molar-refractivity contribution in [3.8, 4) is 11.8 Å². The number of likely N-dealkylation sites (tertiary alicyclic amines) is 1. The lowest BCUT2D eigenvalue weighted by Crippen LogP contribution is -2.50. The van der Waals surface area contributed by atoms with Crippen molar-refractivity contribution < 1.29 is 4.79 Å². The largest absolute Gasteiger partial charge is 0.330 e. The second-order valence-corrected chi connectivity index (χ2v) is 3.84. The summed E-state index contributed by atoms with van der Waals surface area (Å²) < 4.78 is 0. The van der Waals surface area contributed by atoms with Gasteiger partial charge in [0, 0.05) is 6.54 Å². The Balaban J connectivity index is 2.45. The zero-order valence-corrected chi connectivity index (χ0v) is 9.68. The van der Waals surface area contributed by atoms with Gasteiger partial charge in [-0.25, -0.2) is 0 Å². The second-order valence-electron chi connectivity index (χ2n) is 3.84. The van der Waals surface area contributed by atoms with Crippen LogP contribution in [0.2, 0.25) is 0 Å². The molecule has 0 radical (unpaired) electrons. The van der Waals surface area contributed by atoms with E-state index in [9.17, 15) is 4.79 Å². The van der Waals surface area contributed by atoms with E-state index < -0.39 is 0 Å². The number of hydrogen-bond acceptors (Lipinski definition) is 2. The summed E-state index contributed by atoms with van der Waals surface area (Å²) in [7, 11) is 0. The normalized spacial score (nSPS) is 21.1. The van der Waals surface area contributed by atoms with Crippen LogP contribution in [-0.2, 0) is 4.79 Å². The van der Waals surface area contributed by atoms with E-state index in [0.29, 0.717) is 6.54 Å². The Morgan fingerprint density at radius 3 is 3.07 bits per heavy atom. The minimum Gasteiger partial charge on any atom is -0.330 e. The van der Waals surface area contributed by atoms with E-state index in [1.165, 1.54) is 0 Å². The van der Waals surface area contributed by atoms with Crippen molar-refractivity contribution in [3.63, 3.8) is 0 Å². The number of nitrogens with zero attached hydrogens (tertiary/aromatic N) is 1. The minimum absolute atomic E-state index is 0.0253. The number of piperidine rings is 1. The lowest BCUT2D eigenvalue weighted by atomic mass is 10.0. The monoisotopic (exact) mass is 208 g/mol. The van der Waals surface area contributed by atoms with Gasteiger partial charge in [-0.3, -0.25) is 4.79 Å². The quantitative estimate of drug-likeness (QED) is 0.699. The van der Waals surface area contributed by atoms with Crippen LogP contribution >= 0.6 is 0 Å². The van der Waals surface area contributed by atoms with E-state index in [4.69, 9.17) is 0 Å². The standard InChI is InChI=1S/C12H20N2O/c1-3-5-9-14-10-6-7-11(12(14)15)13-8-4-2/h11,13H,4,6-10H2,1-2H3. The molecule has 0 aromatic rings. The fourth-order valence-corrected chi connectivity index (χ4v) is 1.78. The Hall–Kier alpha value is -1.01. The Morgan fingerprint density at radius 2 is 2.40 bits per heavy atom. The molecule has 15 heavy (non-hydrogen) atoms. The predicted molar refractivity (Wildman–Crippen MR) is 61.3 cm³/mol. The van der Waals surface area contributed by atoms with Crippen molar-refractivity contribution in [1.82, 2.24) is 10.2 Å². The van der Waals surface area contributed by atoms with Crippen molar-refractivity contribution in [2.24, 2.45) is 0 Å². The number of carbonyl (C=O) groups excluding carboxylic acids is 1. The first-order valence-electron chi connectivity index (χ1n) is 5.71. The van der Waals surface area contributed by atoms with Gasteiger partial charge in [-0.15, -0.1) is 5.92 Å². The molecule has 0 aliphatic carbocycles. The van der Waals surface area contributed by atoms with Gasteiger partial charge in [0.2, 0.25) is 5.91 Å². The molecule has 1 fully saturated rings. The van der Waals surface area contributed by atoms with Crippen LogP contribution in [0.5, 0.6) is 0 Å². The summed E-state index contributed by atoms with van der Waals surface area (Å²) >= 11 is 0. The van der Waals surface area contributed by atoms with Crippen LogP contribution in [0.15, 0.2) is 0 Å². The molecule has 1 saturated heterocycles. The van der Waals surface area contributed by atoms with Crippen molar-refractivity contribution in [2.45, 2.75) is 39.2 Å². The number of hydrogen-bond donors (Lipinski definition) is 1. The SMILES string of the molecule is CC#CCN1CCCC(NCCC)C1=O. The van der Waals surface area contributed by atoms with Crippen LogP contribution in [0.1, 0.15) is 33.1 Å². The molecule has 84 valence electrons. The van der Waals surface area contributed by atoms with E-state index in [-0.39, 0.29) is 11.9 Å². The molecule has 1 N–H and O–H groups in total. The molecule has 1 unspecified atom stereocenters. The van der Waals surface area contributed by atoms with Gasteiger partial charge in [-0.2, -0.15) is 0 Å². The van der Waals surface area contributed by atoms with Gasteiger partial charge in [0.25, 0.3) is 0 Å². The molecule has 1 atom stereocenters. The fraction of sp³-hybridized carbons (Fsp3) is 0.750. The van der Waals surface area contributed by atoms with Crippen LogP contribution in [0, 0.1) is 11.8 Å². The van der Waals surface area contributed by atoms with Gasteiger partial charge in [0.05, 0.1) is 12.6 Å². The molecule has 3 nitrogen and oxygen atoms in total. The summed E-state index contributed by atoms with van der Waals surface area (Å²) in [4.78, 5) is 13.8. The lowest BCUT2D eigenvalue weighted by molar-refractivity contribution is -0.135. The summed E-state index contributed by atoms with van der Waals surface area (Å²) in [5.74, 6) is 6.00. The maximum absolute atomic E-state index is 11.9. The first-order valence-corrected chi connectivity index (χ1v) is 5.71. The molecule has 1 rings (SSSR count). The highest BCUT2D eigenvalue weighted by Gasteiger charge is 2.27. The molecular formula is C12H20N2O. The number of nitrogens with one attached hydrogen (secondary N) is 1. The predicted octanol–water partition coefficient (Wildman–Crippen LogP) is 1.00. The maximum atomic E-state index is 11.9. The molecule has 1 aliphatic heterocycles. The van der Waals surface area contributed by atoms with Crippen LogP contribution in [0.3, 0.4) is 0 Å². The number of carbonyl (C=O) groups is 1. The van der Waals surface area contributed by atoms with Crippen molar-refractivity contribution >= 4 is 5.91 Å². The third-order valence-corrected chi connectivity index (χ3v) is 2.62. The average Bonchev–Trinajstić information content (AvgIpc) is 2.26. The molecule has 1 amide bonds. The highest BCUT2D eigenvalue weighted by atomic mass is 16.2. The molecule has 3 heteroatoms. The van der Waals surface area contributed by atoms with Crippen LogP contribution in [0.4, 0.5) is 0 Å². The smallest absolute Gasteiger partial charge is 0.240 e. The summed E-state index contributed by atoms with van der Waals surface area (Å²) in [6.45, 7) is 6.28. The molecular weight excluding hydrogens is 188 g/mol. The first kappa shape index (κ1) is 12.1. The fourth-order valence-electron chi connectivity index (χ4n) is 1.78. The third kappa shape index (κ3) is 3.56. The number of rotatable bonds is 4. The van der Waals surface area contributed by atoms with Gasteiger partial charge < -0.3 is 10.2 Å². The van der Waals surface area contributed by atoms with Gasteiger partial charge >= 0.3 is 0 Å². The van der Waals surface area contributed by atoms with Gasteiger partial charge in [-0.1, -0.05) is 12.8 Å². The van der Waals surface area contributed by atoms with Crippen molar-refractivity contribution in [1.29, 1.82) is 0 Å². The zero-order valence-electron chi connectivity index (χ0n) is 9.68. The van der Waals surface area contributed by atoms with Gasteiger partial charge in [0.15, 0.2) is 0 Å². The Labute approximate surface area is 92.2 Å². The molecule has 0 aromatic heterocycles. The van der Waals surface area contributed by atoms with E-state index in [2.05, 4.69) is 24.1 Å². The summed E-state index contributed by atoms with van der Waals surface area (Å²) in [6.07, 6.45) is 3.12. The second kappa shape index (κ2) is 6.47. The number of amides is 1. The first-order chi connectivity index (χ1) is 7.29. The van der Waals surface area contributed by atoms with Crippen molar-refractivity contribution in [2.75, 3.05) is 19.6 Å². The van der Waals surface area contributed by atoms with Crippen LogP contribution in [-0.4, -0.2) is 36.5 Å². The maximum Gasteiger partial charge on any atom is 0.240 e. The molecule has 0 bridgehead atoms. The Morgan fingerprint density at radius 1 is 1.60 bits per heavy atom. The van der Waals surface area contributed by atoms with E-state index >= 15 is 0 Å². The summed E-state index contributed by atoms with van der Waals surface area (Å²) in [6, 6.07) is 0.0253. The molecule has 1 heterocycles. The summed E-state index contributed by atoms with van der Waals surface area (Å²) in [5.41, 5.74) is 0. The van der Waals surface area contributed by atoms with Crippen molar-refractivity contribution in [3.05, 3.63) is 0 Å². The summed E-state index contributed by atoms with van der Waals surface area (Å²) in [5, 5.41) is 3.29. The van der Waals surface area contributed by atoms with Crippen LogP contribution in [0.25, 0.3) is 0 Å². The average molecular weight is 208 g/mol. The van der Waals surface area contributed by atoms with Gasteiger partial charge in [0.1, 0.15) is 0 Å². The van der Waals surface area contributed by atoms with Crippen LogP contribution < -0.4 is 5.32 Å². The van der Waals surface area contributed by atoms with E-state index in [1.807, 2.05) is 4.90 Å². The lowest BCUT2D eigenvalue weighted by Gasteiger charge is -2.31. The molecule has 1 aliphatic rings. The minimum atomic E-state index is 0.0253. The topological polar surface area (TPSA) is 32.3 Å². The highest BCUT2D eigenvalue weighted by molar-refractivity contribution is 5.82. The molecule has 0 spiro atoms. The zero-order chi connectivity index (χ0) is 11.1. The van der Waals surface area contributed by atoms with E-state index in [1.54, 1.807) is 6.92 Å². The van der Waals surface area contributed by atoms with E-state index in [0.717, 1.165) is 32.4 Å². The van der Waals surface area contributed by atoms with Gasteiger partial charge in [-0.05, 0) is 32.7 Å². The molecule has 0 aromatic carbocycles. The molecule has 0 saturated carbocycles. The third-order valence-electron chi connectivity index (χ3n) is 2.62. The Bertz CT molecular complexity index is 265. The highest BCUT2D eigenvalue weighted by Crippen LogP contribution is 2.11. The Kier molecular flexibility index (Phi) is 5.20.